The topological polar surface area (TPSA) is 9.23 Å². The van der Waals surface area contributed by atoms with Crippen molar-refractivity contribution < 1.29 is 26.7 Å². The standard InChI is InChI=1S/C19H21F5O/c1-2-11-3-4-13-8-14(6-5-12(13)7-11)15-9-16(20)18(17(21)10-15)25-19(22,23)24/h2,9-14H,1,3-8H2. The van der Waals surface area contributed by atoms with Gasteiger partial charge in [-0.3, -0.25) is 0 Å². The van der Waals surface area contributed by atoms with Crippen LogP contribution in [0.25, 0.3) is 0 Å². The van der Waals surface area contributed by atoms with E-state index in [2.05, 4.69) is 11.3 Å². The first kappa shape index (κ1) is 18.2. The molecule has 0 heterocycles. The Morgan fingerprint density at radius 2 is 1.56 bits per heavy atom. The molecule has 0 N–H and O–H groups in total. The Kier molecular flexibility index (Phi) is 5.07. The molecule has 25 heavy (non-hydrogen) atoms. The summed E-state index contributed by atoms with van der Waals surface area (Å²) >= 11 is 0. The van der Waals surface area contributed by atoms with Gasteiger partial charge in [0.2, 0.25) is 5.75 Å². The third kappa shape index (κ3) is 4.15. The number of benzene rings is 1. The fraction of sp³-hybridized carbons (Fsp3) is 0.579. The molecule has 0 aromatic heterocycles. The molecule has 2 aliphatic rings. The lowest BCUT2D eigenvalue weighted by molar-refractivity contribution is -0.276. The van der Waals surface area contributed by atoms with Crippen molar-refractivity contribution in [1.29, 1.82) is 0 Å². The maximum Gasteiger partial charge on any atom is 0.573 e. The Morgan fingerprint density at radius 3 is 2.16 bits per heavy atom. The second-order valence-electron chi connectivity index (χ2n) is 7.20. The summed E-state index contributed by atoms with van der Waals surface area (Å²) in [6.45, 7) is 3.86. The molecule has 1 aromatic rings. The number of ether oxygens (including phenoxy) is 1. The lowest BCUT2D eigenvalue weighted by Crippen LogP contribution is -2.30. The number of fused-ring (bicyclic) bond motifs is 1. The molecule has 4 atom stereocenters. The minimum atomic E-state index is -5.12. The van der Waals surface area contributed by atoms with Gasteiger partial charge in [-0.25, -0.2) is 8.78 Å². The van der Waals surface area contributed by atoms with E-state index < -0.39 is 23.7 Å². The van der Waals surface area contributed by atoms with Gasteiger partial charge in [0.25, 0.3) is 0 Å². The van der Waals surface area contributed by atoms with Crippen LogP contribution in [0.1, 0.15) is 50.0 Å². The number of hydrogen-bond acceptors (Lipinski definition) is 1. The molecule has 3 rings (SSSR count). The SMILES string of the molecule is C=CC1CCC2CC(c3cc(F)c(OC(F)(F)F)c(F)c3)CCC2C1. The molecule has 0 aliphatic heterocycles. The van der Waals surface area contributed by atoms with Crippen molar-refractivity contribution in [3.63, 3.8) is 0 Å². The van der Waals surface area contributed by atoms with Crippen LogP contribution in [0, 0.1) is 29.4 Å². The van der Waals surface area contributed by atoms with Crippen LogP contribution in [-0.4, -0.2) is 6.36 Å². The number of alkyl halides is 3. The summed E-state index contributed by atoms with van der Waals surface area (Å²) in [5.74, 6) is -2.34. The van der Waals surface area contributed by atoms with Gasteiger partial charge < -0.3 is 4.74 Å². The van der Waals surface area contributed by atoms with Gasteiger partial charge in [-0.15, -0.1) is 19.8 Å². The average Bonchev–Trinajstić information content (AvgIpc) is 2.56. The average molecular weight is 360 g/mol. The van der Waals surface area contributed by atoms with E-state index >= 15 is 0 Å². The van der Waals surface area contributed by atoms with E-state index in [1.165, 1.54) is 0 Å². The monoisotopic (exact) mass is 360 g/mol. The van der Waals surface area contributed by atoms with Crippen LogP contribution in [-0.2, 0) is 0 Å². The second-order valence-corrected chi connectivity index (χ2v) is 7.20. The third-order valence-electron chi connectivity index (χ3n) is 5.70. The predicted octanol–water partition coefficient (Wildman–Crippen LogP) is 6.35. The maximum atomic E-state index is 14.0. The molecule has 4 unspecified atom stereocenters. The molecule has 0 saturated heterocycles. The Hall–Kier alpha value is -1.59. The van der Waals surface area contributed by atoms with Gasteiger partial charge >= 0.3 is 6.36 Å². The second kappa shape index (κ2) is 6.96. The van der Waals surface area contributed by atoms with Crippen molar-refractivity contribution in [2.45, 2.75) is 50.8 Å². The zero-order chi connectivity index (χ0) is 18.2. The fourth-order valence-electron chi connectivity index (χ4n) is 4.47. The van der Waals surface area contributed by atoms with Gasteiger partial charge in [0, 0.05) is 0 Å². The predicted molar refractivity (Wildman–Crippen MR) is 84.2 cm³/mol. The summed E-state index contributed by atoms with van der Waals surface area (Å²) in [5.41, 5.74) is 0.425. The van der Waals surface area contributed by atoms with Crippen molar-refractivity contribution in [3.8, 4) is 5.75 Å². The van der Waals surface area contributed by atoms with Crippen LogP contribution in [0.15, 0.2) is 24.8 Å². The van der Waals surface area contributed by atoms with Crippen molar-refractivity contribution >= 4 is 0 Å². The normalized spacial score (nSPS) is 29.8. The molecule has 0 bridgehead atoms. The highest BCUT2D eigenvalue weighted by Gasteiger charge is 2.37. The molecular weight excluding hydrogens is 339 g/mol. The van der Waals surface area contributed by atoms with Crippen molar-refractivity contribution in [2.24, 2.45) is 17.8 Å². The van der Waals surface area contributed by atoms with Crippen LogP contribution in [0.3, 0.4) is 0 Å². The molecule has 0 radical (unpaired) electrons. The molecule has 2 fully saturated rings. The Balaban J connectivity index is 1.74. The Labute approximate surface area is 143 Å². The van der Waals surface area contributed by atoms with E-state index in [1.54, 1.807) is 0 Å². The number of rotatable bonds is 3. The summed E-state index contributed by atoms with van der Waals surface area (Å²) in [6, 6.07) is 1.98. The molecule has 1 aromatic carbocycles. The zero-order valence-electron chi connectivity index (χ0n) is 13.8. The molecule has 1 nitrogen and oxygen atoms in total. The lowest BCUT2D eigenvalue weighted by Gasteiger charge is -2.41. The van der Waals surface area contributed by atoms with Crippen LogP contribution in [0.2, 0.25) is 0 Å². The zero-order valence-corrected chi connectivity index (χ0v) is 13.8. The van der Waals surface area contributed by atoms with E-state index in [-0.39, 0.29) is 5.92 Å². The van der Waals surface area contributed by atoms with Crippen LogP contribution < -0.4 is 4.74 Å². The van der Waals surface area contributed by atoms with E-state index in [1.807, 2.05) is 6.08 Å². The summed E-state index contributed by atoms with van der Waals surface area (Å²) in [5, 5.41) is 0. The summed E-state index contributed by atoms with van der Waals surface area (Å²) < 4.78 is 68.1. The van der Waals surface area contributed by atoms with E-state index in [9.17, 15) is 22.0 Å². The Bertz CT molecular complexity index is 616. The number of hydrogen-bond donors (Lipinski definition) is 0. The van der Waals surface area contributed by atoms with Crippen molar-refractivity contribution in [3.05, 3.63) is 42.0 Å². The van der Waals surface area contributed by atoms with Crippen LogP contribution >= 0.6 is 0 Å². The molecule has 2 aliphatic carbocycles. The fourth-order valence-corrected chi connectivity index (χ4v) is 4.47. The van der Waals surface area contributed by atoms with Gasteiger partial charge in [0.05, 0.1) is 0 Å². The molecule has 138 valence electrons. The van der Waals surface area contributed by atoms with Gasteiger partial charge in [0.1, 0.15) is 0 Å². The number of halogens is 5. The largest absolute Gasteiger partial charge is 0.573 e. The molecular formula is C19H21F5O. The Morgan fingerprint density at radius 1 is 0.960 bits per heavy atom. The quantitative estimate of drug-likeness (QED) is 0.451. The summed E-state index contributed by atoms with van der Waals surface area (Å²) in [6.07, 6.45) is 2.75. The van der Waals surface area contributed by atoms with Crippen molar-refractivity contribution in [2.75, 3.05) is 0 Å². The number of allylic oxidation sites excluding steroid dienone is 1. The van der Waals surface area contributed by atoms with E-state index in [0.717, 1.165) is 50.7 Å². The minimum Gasteiger partial charge on any atom is -0.399 e. The molecule has 6 heteroatoms. The molecule has 0 spiro atoms. The minimum absolute atomic E-state index is 0.0227. The lowest BCUT2D eigenvalue weighted by atomic mass is 9.64. The van der Waals surface area contributed by atoms with Gasteiger partial charge in [-0.1, -0.05) is 6.08 Å². The van der Waals surface area contributed by atoms with E-state index in [4.69, 9.17) is 0 Å². The van der Waals surface area contributed by atoms with Crippen molar-refractivity contribution in [1.82, 2.24) is 0 Å². The third-order valence-corrected chi connectivity index (χ3v) is 5.70. The molecule has 0 amide bonds. The summed E-state index contributed by atoms with van der Waals surface area (Å²) in [7, 11) is 0. The first-order chi connectivity index (χ1) is 11.8. The smallest absolute Gasteiger partial charge is 0.399 e. The highest BCUT2D eigenvalue weighted by atomic mass is 19.4. The van der Waals surface area contributed by atoms with Crippen LogP contribution in [0.4, 0.5) is 22.0 Å². The van der Waals surface area contributed by atoms with Crippen LogP contribution in [0.5, 0.6) is 5.75 Å². The highest BCUT2D eigenvalue weighted by Crippen LogP contribution is 2.48. The summed E-state index contributed by atoms with van der Waals surface area (Å²) in [4.78, 5) is 0. The van der Waals surface area contributed by atoms with Gasteiger partial charge in [-0.05, 0) is 79.9 Å². The highest BCUT2D eigenvalue weighted by molar-refractivity contribution is 5.33. The first-order valence-corrected chi connectivity index (χ1v) is 8.64. The maximum absolute atomic E-state index is 14.0. The molecule has 2 saturated carbocycles. The van der Waals surface area contributed by atoms with Gasteiger partial charge in [-0.2, -0.15) is 0 Å². The van der Waals surface area contributed by atoms with Gasteiger partial charge in [0.15, 0.2) is 11.6 Å². The first-order valence-electron chi connectivity index (χ1n) is 8.64. The van der Waals surface area contributed by atoms with E-state index in [0.29, 0.717) is 23.3 Å².